The molecule has 0 aliphatic carbocycles. The molecule has 1 amide bonds. The van der Waals surface area contributed by atoms with Gasteiger partial charge in [-0.25, -0.2) is 13.4 Å². The van der Waals surface area contributed by atoms with Crippen molar-refractivity contribution in [3.05, 3.63) is 59.9 Å². The van der Waals surface area contributed by atoms with Crippen LogP contribution < -0.4 is 5.32 Å². The van der Waals surface area contributed by atoms with Gasteiger partial charge >= 0.3 is 0 Å². The third kappa shape index (κ3) is 4.39. The van der Waals surface area contributed by atoms with E-state index in [9.17, 15) is 13.2 Å². The molecule has 8 heteroatoms. The predicted molar refractivity (Wildman–Crippen MR) is 118 cm³/mol. The number of amides is 1. The first-order valence-corrected chi connectivity index (χ1v) is 11.4. The summed E-state index contributed by atoms with van der Waals surface area (Å²) in [5, 5.41) is 3.00. The SMILES string of the molecule is CC(C)C(NC(=O)c1cccc(S(=O)(=O)N(C)C(C)C)c1)c1nc2ccccc2[nH]1. The highest BCUT2D eigenvalue weighted by atomic mass is 32.2. The quantitative estimate of drug-likeness (QED) is 0.600. The number of aromatic amines is 1. The molecule has 2 N–H and O–H groups in total. The first kappa shape index (κ1) is 22.0. The van der Waals surface area contributed by atoms with E-state index < -0.39 is 10.0 Å². The highest BCUT2D eigenvalue weighted by Gasteiger charge is 2.26. The van der Waals surface area contributed by atoms with Crippen molar-refractivity contribution in [1.29, 1.82) is 0 Å². The first-order valence-electron chi connectivity index (χ1n) is 9.95. The number of para-hydroxylation sites is 2. The lowest BCUT2D eigenvalue weighted by Gasteiger charge is -2.22. The topological polar surface area (TPSA) is 95.2 Å². The van der Waals surface area contributed by atoms with Crippen molar-refractivity contribution < 1.29 is 13.2 Å². The number of rotatable bonds is 7. The summed E-state index contributed by atoms with van der Waals surface area (Å²) in [5.41, 5.74) is 2.02. The van der Waals surface area contributed by atoms with Crippen LogP contribution in [0.4, 0.5) is 0 Å². The van der Waals surface area contributed by atoms with E-state index in [1.807, 2.05) is 38.1 Å². The zero-order chi connectivity index (χ0) is 22.1. The van der Waals surface area contributed by atoms with Gasteiger partial charge in [0.15, 0.2) is 0 Å². The van der Waals surface area contributed by atoms with Gasteiger partial charge in [0, 0.05) is 18.7 Å². The Morgan fingerprint density at radius 1 is 1.07 bits per heavy atom. The van der Waals surface area contributed by atoms with Crippen molar-refractivity contribution in [3.63, 3.8) is 0 Å². The van der Waals surface area contributed by atoms with Gasteiger partial charge < -0.3 is 10.3 Å². The lowest BCUT2D eigenvalue weighted by Crippen LogP contribution is -2.34. The van der Waals surface area contributed by atoms with Gasteiger partial charge in [0.05, 0.1) is 22.0 Å². The zero-order valence-electron chi connectivity index (χ0n) is 17.9. The van der Waals surface area contributed by atoms with Crippen LogP contribution in [0.25, 0.3) is 11.0 Å². The van der Waals surface area contributed by atoms with E-state index in [1.165, 1.54) is 23.5 Å². The van der Waals surface area contributed by atoms with E-state index in [-0.39, 0.29) is 34.4 Å². The maximum atomic E-state index is 13.0. The summed E-state index contributed by atoms with van der Waals surface area (Å²) in [6.45, 7) is 7.59. The van der Waals surface area contributed by atoms with E-state index in [0.717, 1.165) is 11.0 Å². The lowest BCUT2D eigenvalue weighted by atomic mass is 10.0. The van der Waals surface area contributed by atoms with Gasteiger partial charge in [-0.05, 0) is 50.1 Å². The number of H-pyrrole nitrogens is 1. The average molecular weight is 429 g/mol. The second-order valence-corrected chi connectivity index (χ2v) is 9.97. The molecule has 1 aromatic heterocycles. The molecule has 0 saturated heterocycles. The number of imidazole rings is 1. The Morgan fingerprint density at radius 2 is 1.77 bits per heavy atom. The van der Waals surface area contributed by atoms with Crippen LogP contribution in [0, 0.1) is 5.92 Å². The van der Waals surface area contributed by atoms with E-state index in [0.29, 0.717) is 5.82 Å². The van der Waals surface area contributed by atoms with Crippen LogP contribution in [-0.2, 0) is 10.0 Å². The van der Waals surface area contributed by atoms with E-state index >= 15 is 0 Å². The van der Waals surface area contributed by atoms with Crippen molar-refractivity contribution in [2.24, 2.45) is 5.92 Å². The average Bonchev–Trinajstić information content (AvgIpc) is 3.14. The van der Waals surface area contributed by atoms with Gasteiger partial charge in [-0.2, -0.15) is 4.31 Å². The molecule has 0 saturated carbocycles. The Labute approximate surface area is 177 Å². The largest absolute Gasteiger partial charge is 0.342 e. The van der Waals surface area contributed by atoms with Crippen LogP contribution in [0.3, 0.4) is 0 Å². The van der Waals surface area contributed by atoms with Gasteiger partial charge in [0.2, 0.25) is 10.0 Å². The Bertz CT molecular complexity index is 1120. The number of hydrogen-bond acceptors (Lipinski definition) is 4. The predicted octanol–water partition coefficient (Wildman–Crippen LogP) is 3.72. The number of carbonyl (C=O) groups excluding carboxylic acids is 1. The van der Waals surface area contributed by atoms with Crippen LogP contribution in [-0.4, -0.2) is 41.7 Å². The summed E-state index contributed by atoms with van der Waals surface area (Å²) in [6, 6.07) is 13.3. The van der Waals surface area contributed by atoms with Crippen molar-refractivity contribution in [1.82, 2.24) is 19.6 Å². The molecule has 3 rings (SSSR count). The molecule has 0 aliphatic rings. The molecule has 7 nitrogen and oxygen atoms in total. The van der Waals surface area contributed by atoms with Crippen molar-refractivity contribution in [2.45, 2.75) is 44.7 Å². The Kier molecular flexibility index (Phi) is 6.28. The minimum absolute atomic E-state index is 0.0773. The summed E-state index contributed by atoms with van der Waals surface area (Å²) >= 11 is 0. The normalized spacial score (nSPS) is 13.3. The fraction of sp³-hybridized carbons (Fsp3) is 0.364. The molecule has 0 aliphatic heterocycles. The Hall–Kier alpha value is -2.71. The standard InChI is InChI=1S/C22H28N4O3S/c1-14(2)20(21-23-18-11-6-7-12-19(18)24-21)25-22(27)16-9-8-10-17(13-16)30(28,29)26(5)15(3)4/h6-15,20H,1-5H3,(H,23,24)(H,25,27). The molecule has 2 aromatic carbocycles. The number of sulfonamides is 1. The molecule has 1 heterocycles. The summed E-state index contributed by atoms with van der Waals surface area (Å²) < 4.78 is 26.8. The molecule has 1 unspecified atom stereocenters. The molecule has 1 atom stereocenters. The van der Waals surface area contributed by atoms with Crippen molar-refractivity contribution >= 4 is 27.0 Å². The molecule has 0 radical (unpaired) electrons. The summed E-state index contributed by atoms with van der Waals surface area (Å²) in [6.07, 6.45) is 0. The number of hydrogen-bond donors (Lipinski definition) is 2. The van der Waals surface area contributed by atoms with E-state index in [2.05, 4.69) is 15.3 Å². The second-order valence-electron chi connectivity index (χ2n) is 7.98. The molecular formula is C22H28N4O3S. The fourth-order valence-corrected chi connectivity index (χ4v) is 4.55. The van der Waals surface area contributed by atoms with Gasteiger partial charge in [0.1, 0.15) is 5.82 Å². The van der Waals surface area contributed by atoms with E-state index in [4.69, 9.17) is 0 Å². The van der Waals surface area contributed by atoms with Crippen LogP contribution >= 0.6 is 0 Å². The molecule has 3 aromatic rings. The maximum Gasteiger partial charge on any atom is 0.251 e. The fourth-order valence-electron chi connectivity index (χ4n) is 3.14. The number of fused-ring (bicyclic) bond motifs is 1. The number of nitrogens with zero attached hydrogens (tertiary/aromatic N) is 2. The third-order valence-corrected chi connectivity index (χ3v) is 7.19. The van der Waals surface area contributed by atoms with Gasteiger partial charge in [-0.3, -0.25) is 4.79 Å². The van der Waals surface area contributed by atoms with Crippen LogP contribution in [0.1, 0.15) is 49.9 Å². The highest BCUT2D eigenvalue weighted by molar-refractivity contribution is 7.89. The zero-order valence-corrected chi connectivity index (χ0v) is 18.7. The maximum absolute atomic E-state index is 13.0. The van der Waals surface area contributed by atoms with Gasteiger partial charge in [-0.15, -0.1) is 0 Å². The Morgan fingerprint density at radius 3 is 2.40 bits per heavy atom. The number of benzene rings is 2. The number of carbonyl (C=O) groups is 1. The number of nitrogens with one attached hydrogen (secondary N) is 2. The molecular weight excluding hydrogens is 400 g/mol. The molecule has 0 spiro atoms. The molecule has 0 bridgehead atoms. The molecule has 160 valence electrons. The summed E-state index contributed by atoms with van der Waals surface area (Å²) in [4.78, 5) is 20.9. The van der Waals surface area contributed by atoms with Crippen LogP contribution in [0.5, 0.6) is 0 Å². The van der Waals surface area contributed by atoms with Crippen LogP contribution in [0.2, 0.25) is 0 Å². The van der Waals surface area contributed by atoms with Crippen molar-refractivity contribution in [3.8, 4) is 0 Å². The molecule has 0 fully saturated rings. The summed E-state index contributed by atoms with van der Waals surface area (Å²) in [5.74, 6) is 0.398. The Balaban J connectivity index is 1.88. The monoisotopic (exact) mass is 428 g/mol. The smallest absolute Gasteiger partial charge is 0.251 e. The summed E-state index contributed by atoms with van der Waals surface area (Å²) in [7, 11) is -2.14. The second kappa shape index (κ2) is 8.57. The molecule has 30 heavy (non-hydrogen) atoms. The third-order valence-electron chi connectivity index (χ3n) is 5.16. The number of aromatic nitrogens is 2. The van der Waals surface area contributed by atoms with Crippen LogP contribution in [0.15, 0.2) is 53.4 Å². The first-order chi connectivity index (χ1) is 14.1. The van der Waals surface area contributed by atoms with E-state index in [1.54, 1.807) is 26.0 Å². The van der Waals surface area contributed by atoms with Crippen molar-refractivity contribution in [2.75, 3.05) is 7.05 Å². The minimum Gasteiger partial charge on any atom is -0.342 e. The highest BCUT2D eigenvalue weighted by Crippen LogP contribution is 2.23. The minimum atomic E-state index is -3.67. The lowest BCUT2D eigenvalue weighted by molar-refractivity contribution is 0.0923. The van der Waals surface area contributed by atoms with Gasteiger partial charge in [-0.1, -0.05) is 32.0 Å². The van der Waals surface area contributed by atoms with Gasteiger partial charge in [0.25, 0.3) is 5.91 Å².